The molecule has 3 fully saturated rings. The van der Waals surface area contributed by atoms with Gasteiger partial charge in [-0.3, -0.25) is 15.0 Å². The molecule has 1 aromatic carbocycles. The van der Waals surface area contributed by atoms with Crippen molar-refractivity contribution >= 4 is 11.4 Å². The molecule has 3 aliphatic rings. The molecule has 0 radical (unpaired) electrons. The summed E-state index contributed by atoms with van der Waals surface area (Å²) in [5.41, 5.74) is 1.57. The van der Waals surface area contributed by atoms with Crippen LogP contribution in [0.25, 0.3) is 0 Å². The first kappa shape index (κ1) is 14.9. The van der Waals surface area contributed by atoms with Crippen LogP contribution in [0, 0.1) is 22.0 Å². The lowest BCUT2D eigenvalue weighted by molar-refractivity contribution is -0.384. The summed E-state index contributed by atoms with van der Waals surface area (Å²) in [6, 6.07) is 5.63. The average Bonchev–Trinajstić information content (AvgIpc) is 3.11. The monoisotopic (exact) mass is 317 g/mol. The Labute approximate surface area is 135 Å². The second-order valence-electron chi connectivity index (χ2n) is 7.13. The Bertz CT molecular complexity index is 621. The van der Waals surface area contributed by atoms with Gasteiger partial charge in [-0.05, 0) is 48.9 Å². The van der Waals surface area contributed by atoms with Gasteiger partial charge in [-0.1, -0.05) is 6.42 Å². The molecule has 3 atom stereocenters. The first-order valence-corrected chi connectivity index (χ1v) is 8.54. The highest BCUT2D eigenvalue weighted by Crippen LogP contribution is 2.43. The van der Waals surface area contributed by atoms with Crippen LogP contribution in [0.3, 0.4) is 0 Å². The molecular weight excluding hydrogens is 294 g/mol. The molecule has 6 nitrogen and oxygen atoms in total. The number of anilines is 1. The lowest BCUT2D eigenvalue weighted by Crippen LogP contribution is -2.39. The normalized spacial score (nSPS) is 30.3. The highest BCUT2D eigenvalue weighted by molar-refractivity contribution is 5.65. The summed E-state index contributed by atoms with van der Waals surface area (Å²) in [6.45, 7) is 4.08. The molecular formula is C17H23N3O3. The van der Waals surface area contributed by atoms with Crippen LogP contribution >= 0.6 is 0 Å². The van der Waals surface area contributed by atoms with E-state index in [1.54, 1.807) is 12.1 Å². The average molecular weight is 317 g/mol. The minimum absolute atomic E-state index is 0.0813. The van der Waals surface area contributed by atoms with Crippen LogP contribution < -0.4 is 4.90 Å². The Balaban J connectivity index is 1.60. The molecule has 6 heteroatoms. The van der Waals surface area contributed by atoms with Crippen molar-refractivity contribution in [3.05, 3.63) is 33.9 Å². The minimum Gasteiger partial charge on any atom is -0.392 e. The van der Waals surface area contributed by atoms with Crippen molar-refractivity contribution in [1.82, 2.24) is 4.90 Å². The first-order chi connectivity index (χ1) is 11.2. The van der Waals surface area contributed by atoms with E-state index in [1.165, 1.54) is 31.9 Å². The van der Waals surface area contributed by atoms with Crippen molar-refractivity contribution in [3.63, 3.8) is 0 Å². The second-order valence-corrected chi connectivity index (χ2v) is 7.13. The minimum atomic E-state index is -0.308. The number of hydrogen-bond acceptors (Lipinski definition) is 5. The van der Waals surface area contributed by atoms with E-state index in [-0.39, 0.29) is 17.2 Å². The lowest BCUT2D eigenvalue weighted by atomic mass is 9.90. The maximum Gasteiger partial charge on any atom is 0.292 e. The first-order valence-electron chi connectivity index (χ1n) is 8.54. The van der Waals surface area contributed by atoms with Crippen LogP contribution in [0.2, 0.25) is 0 Å². The Hall–Kier alpha value is -1.66. The molecule has 3 heterocycles. The van der Waals surface area contributed by atoms with E-state index in [2.05, 4.69) is 9.80 Å². The molecule has 1 N–H and O–H groups in total. The van der Waals surface area contributed by atoms with E-state index in [1.807, 2.05) is 0 Å². The third-order valence-corrected chi connectivity index (χ3v) is 5.88. The predicted octanol–water partition coefficient (Wildman–Crippen LogP) is 2.01. The van der Waals surface area contributed by atoms with Crippen molar-refractivity contribution < 1.29 is 10.0 Å². The molecule has 0 aliphatic carbocycles. The van der Waals surface area contributed by atoms with Crippen molar-refractivity contribution in [2.45, 2.75) is 31.9 Å². The van der Waals surface area contributed by atoms with Gasteiger partial charge >= 0.3 is 0 Å². The van der Waals surface area contributed by atoms with E-state index in [4.69, 9.17) is 0 Å². The number of nitro groups is 1. The highest BCUT2D eigenvalue weighted by atomic mass is 16.6. The van der Waals surface area contributed by atoms with Gasteiger partial charge < -0.3 is 10.0 Å². The number of aliphatic hydroxyl groups is 1. The van der Waals surface area contributed by atoms with Gasteiger partial charge in [0.2, 0.25) is 0 Å². The summed E-state index contributed by atoms with van der Waals surface area (Å²) in [6.07, 6.45) is 3.89. The fourth-order valence-corrected chi connectivity index (χ4v) is 4.83. The maximum absolute atomic E-state index is 11.4. The number of piperidine rings is 1. The second kappa shape index (κ2) is 5.76. The molecule has 0 amide bonds. The Morgan fingerprint density at radius 3 is 2.91 bits per heavy atom. The Morgan fingerprint density at radius 2 is 2.13 bits per heavy atom. The summed E-state index contributed by atoms with van der Waals surface area (Å²) < 4.78 is 0. The zero-order chi connectivity index (χ0) is 16.0. The maximum atomic E-state index is 11.4. The van der Waals surface area contributed by atoms with E-state index < -0.39 is 0 Å². The van der Waals surface area contributed by atoms with Gasteiger partial charge in [0, 0.05) is 31.7 Å². The van der Waals surface area contributed by atoms with E-state index in [9.17, 15) is 15.2 Å². The van der Waals surface area contributed by atoms with E-state index in [0.29, 0.717) is 23.6 Å². The largest absolute Gasteiger partial charge is 0.392 e. The zero-order valence-corrected chi connectivity index (χ0v) is 13.2. The molecule has 1 aromatic rings. The number of aliphatic hydroxyl groups excluding tert-OH is 1. The Morgan fingerprint density at radius 1 is 1.26 bits per heavy atom. The van der Waals surface area contributed by atoms with Gasteiger partial charge in [-0.2, -0.15) is 0 Å². The number of fused-ring (bicyclic) bond motifs is 3. The van der Waals surface area contributed by atoms with Gasteiger partial charge in [-0.25, -0.2) is 0 Å². The Kier molecular flexibility index (Phi) is 3.73. The third kappa shape index (κ3) is 2.50. The summed E-state index contributed by atoms with van der Waals surface area (Å²) in [4.78, 5) is 15.9. The number of hydrogen-bond donors (Lipinski definition) is 1. The number of nitrogens with zero attached hydrogens (tertiary/aromatic N) is 3. The number of nitro benzene ring substituents is 1. The lowest BCUT2D eigenvalue weighted by Gasteiger charge is -2.33. The molecule has 4 rings (SSSR count). The van der Waals surface area contributed by atoms with Gasteiger partial charge in [0.25, 0.3) is 5.69 Å². The fourth-order valence-electron chi connectivity index (χ4n) is 4.83. The molecule has 23 heavy (non-hydrogen) atoms. The van der Waals surface area contributed by atoms with E-state index in [0.717, 1.165) is 25.2 Å². The van der Waals surface area contributed by atoms with Gasteiger partial charge in [0.05, 0.1) is 11.5 Å². The molecule has 0 spiro atoms. The van der Waals surface area contributed by atoms with Crippen molar-refractivity contribution in [3.8, 4) is 0 Å². The SMILES string of the molecule is O=[N+]([O-])c1ccc(CO)cc1N1CC2CN3CCCCC3C2C1. The topological polar surface area (TPSA) is 69.8 Å². The van der Waals surface area contributed by atoms with Crippen molar-refractivity contribution in [2.24, 2.45) is 11.8 Å². The van der Waals surface area contributed by atoms with Crippen LogP contribution in [0.15, 0.2) is 18.2 Å². The summed E-state index contributed by atoms with van der Waals surface area (Å²) in [5.74, 6) is 1.25. The number of rotatable bonds is 3. The quantitative estimate of drug-likeness (QED) is 0.682. The van der Waals surface area contributed by atoms with Crippen LogP contribution in [0.5, 0.6) is 0 Å². The van der Waals surface area contributed by atoms with E-state index >= 15 is 0 Å². The molecule has 124 valence electrons. The number of benzene rings is 1. The van der Waals surface area contributed by atoms with Gasteiger partial charge in [0.1, 0.15) is 5.69 Å². The molecule has 3 aliphatic heterocycles. The van der Waals surface area contributed by atoms with Crippen molar-refractivity contribution in [2.75, 3.05) is 31.1 Å². The predicted molar refractivity (Wildman–Crippen MR) is 87.4 cm³/mol. The van der Waals surface area contributed by atoms with Crippen LogP contribution in [-0.2, 0) is 6.61 Å². The summed E-state index contributed by atoms with van der Waals surface area (Å²) in [5, 5.41) is 20.7. The molecule has 3 saturated heterocycles. The van der Waals surface area contributed by atoms with Crippen LogP contribution in [-0.4, -0.2) is 47.2 Å². The molecule has 3 unspecified atom stereocenters. The highest BCUT2D eigenvalue weighted by Gasteiger charge is 2.47. The summed E-state index contributed by atoms with van der Waals surface area (Å²) in [7, 11) is 0. The third-order valence-electron chi connectivity index (χ3n) is 5.88. The zero-order valence-electron chi connectivity index (χ0n) is 13.2. The van der Waals surface area contributed by atoms with Crippen LogP contribution in [0.1, 0.15) is 24.8 Å². The van der Waals surface area contributed by atoms with Crippen LogP contribution in [0.4, 0.5) is 11.4 Å². The van der Waals surface area contributed by atoms with Gasteiger partial charge in [-0.15, -0.1) is 0 Å². The summed E-state index contributed by atoms with van der Waals surface area (Å²) >= 11 is 0. The molecule has 0 aromatic heterocycles. The standard InChI is InChI=1S/C17H23N3O3/c21-11-12-4-5-16(20(22)23)17(7-12)19-9-13-8-18-6-2-1-3-15(18)14(13)10-19/h4-5,7,13-15,21H,1-3,6,8-11H2. The smallest absolute Gasteiger partial charge is 0.292 e. The van der Waals surface area contributed by atoms with Gasteiger partial charge in [0.15, 0.2) is 0 Å². The molecule has 0 bridgehead atoms. The fraction of sp³-hybridized carbons (Fsp3) is 0.647. The van der Waals surface area contributed by atoms with Crippen molar-refractivity contribution in [1.29, 1.82) is 0 Å². The molecule has 0 saturated carbocycles.